The van der Waals surface area contributed by atoms with Crippen LogP contribution in [0.1, 0.15) is 18.3 Å². The number of hydrogen-bond donors (Lipinski definition) is 0. The molecule has 1 heterocycles. The molecule has 0 aliphatic rings. The molecule has 0 radical (unpaired) electrons. The van der Waals surface area contributed by atoms with Crippen LogP contribution in [-0.4, -0.2) is 9.55 Å². The lowest BCUT2D eigenvalue weighted by Crippen LogP contribution is -1.94. The molecule has 24 heavy (non-hydrogen) atoms. The van der Waals surface area contributed by atoms with Crippen molar-refractivity contribution < 1.29 is 8.78 Å². The molecule has 0 aliphatic carbocycles. The third-order valence-corrected chi connectivity index (χ3v) is 4.18. The molecule has 0 N–H and O–H groups in total. The first-order chi connectivity index (χ1) is 11.6. The van der Waals surface area contributed by atoms with Crippen molar-refractivity contribution in [2.24, 2.45) is 0 Å². The molecule has 5 heteroatoms. The summed E-state index contributed by atoms with van der Waals surface area (Å²) in [6.45, 7) is 2.69. The Morgan fingerprint density at radius 1 is 1.08 bits per heavy atom. The zero-order chi connectivity index (χ0) is 17.1. The maximum Gasteiger partial charge on any atom is 0.135 e. The van der Waals surface area contributed by atoms with Crippen molar-refractivity contribution in [2.75, 3.05) is 0 Å². The van der Waals surface area contributed by atoms with Crippen LogP contribution >= 0.6 is 15.9 Å². The SMILES string of the molecule is CCn1cc(-c2ccc(F)cc2F)nc1/C=C/c1ccc(Br)cc1. The van der Waals surface area contributed by atoms with E-state index in [9.17, 15) is 8.78 Å². The monoisotopic (exact) mass is 388 g/mol. The van der Waals surface area contributed by atoms with Crippen LogP contribution < -0.4 is 0 Å². The highest BCUT2D eigenvalue weighted by molar-refractivity contribution is 9.10. The molecule has 1 aromatic heterocycles. The molecule has 3 rings (SSSR count). The summed E-state index contributed by atoms with van der Waals surface area (Å²) in [6, 6.07) is 11.4. The van der Waals surface area contributed by atoms with Crippen molar-refractivity contribution in [1.29, 1.82) is 0 Å². The Balaban J connectivity index is 1.94. The van der Waals surface area contributed by atoms with Gasteiger partial charge in [0.2, 0.25) is 0 Å². The van der Waals surface area contributed by atoms with Crippen LogP contribution in [0.3, 0.4) is 0 Å². The Labute approximate surface area is 147 Å². The maximum atomic E-state index is 14.0. The number of hydrogen-bond acceptors (Lipinski definition) is 1. The zero-order valence-corrected chi connectivity index (χ0v) is 14.6. The average Bonchev–Trinajstić information content (AvgIpc) is 2.97. The largest absolute Gasteiger partial charge is 0.331 e. The molecule has 0 bridgehead atoms. The number of imidazole rings is 1. The summed E-state index contributed by atoms with van der Waals surface area (Å²) in [7, 11) is 0. The molecule has 2 aromatic carbocycles. The molecular formula is C19H15BrF2N2. The molecule has 0 saturated heterocycles. The number of nitrogens with zero attached hydrogens (tertiary/aromatic N) is 2. The van der Waals surface area contributed by atoms with Crippen molar-refractivity contribution in [3.05, 3.63) is 76.2 Å². The molecule has 3 aromatic rings. The van der Waals surface area contributed by atoms with Gasteiger partial charge in [-0.05, 0) is 42.8 Å². The van der Waals surface area contributed by atoms with Gasteiger partial charge in [0.05, 0.1) is 5.69 Å². The topological polar surface area (TPSA) is 17.8 Å². The highest BCUT2D eigenvalue weighted by Crippen LogP contribution is 2.24. The molecule has 0 fully saturated rings. The minimum atomic E-state index is -0.612. The van der Waals surface area contributed by atoms with E-state index in [-0.39, 0.29) is 0 Å². The van der Waals surface area contributed by atoms with E-state index in [1.165, 1.54) is 12.1 Å². The Hall–Kier alpha value is -2.27. The molecule has 0 aliphatic heterocycles. The summed E-state index contributed by atoms with van der Waals surface area (Å²) in [5.74, 6) is -0.486. The summed E-state index contributed by atoms with van der Waals surface area (Å²) < 4.78 is 30.0. The lowest BCUT2D eigenvalue weighted by atomic mass is 10.1. The minimum absolute atomic E-state index is 0.293. The number of rotatable bonds is 4. The van der Waals surface area contributed by atoms with Crippen molar-refractivity contribution in [2.45, 2.75) is 13.5 Å². The second-order valence-corrected chi connectivity index (χ2v) is 6.20. The maximum absolute atomic E-state index is 14.0. The van der Waals surface area contributed by atoms with Gasteiger partial charge in [-0.2, -0.15) is 0 Å². The van der Waals surface area contributed by atoms with Crippen LogP contribution in [0, 0.1) is 11.6 Å². The Kier molecular flexibility index (Phi) is 4.90. The Morgan fingerprint density at radius 2 is 1.83 bits per heavy atom. The molecule has 0 atom stereocenters. The highest BCUT2D eigenvalue weighted by Gasteiger charge is 2.11. The van der Waals surface area contributed by atoms with E-state index >= 15 is 0 Å². The third kappa shape index (κ3) is 3.62. The first-order valence-corrected chi connectivity index (χ1v) is 8.32. The summed E-state index contributed by atoms with van der Waals surface area (Å²) in [4.78, 5) is 4.48. The van der Waals surface area contributed by atoms with Gasteiger partial charge < -0.3 is 4.57 Å². The smallest absolute Gasteiger partial charge is 0.135 e. The average molecular weight is 389 g/mol. The van der Waals surface area contributed by atoms with Gasteiger partial charge >= 0.3 is 0 Å². The van der Waals surface area contributed by atoms with E-state index in [1.54, 1.807) is 6.20 Å². The van der Waals surface area contributed by atoms with Gasteiger partial charge in [-0.1, -0.05) is 34.1 Å². The molecule has 2 nitrogen and oxygen atoms in total. The summed E-state index contributed by atoms with van der Waals surface area (Å²) in [6.07, 6.45) is 5.61. The van der Waals surface area contributed by atoms with Crippen LogP contribution in [0.25, 0.3) is 23.4 Å². The first kappa shape index (κ1) is 16.6. The summed E-state index contributed by atoms with van der Waals surface area (Å²) in [5.41, 5.74) is 1.82. The molecule has 0 saturated carbocycles. The van der Waals surface area contributed by atoms with Crippen molar-refractivity contribution in [3.63, 3.8) is 0 Å². The summed E-state index contributed by atoms with van der Waals surface area (Å²) >= 11 is 3.40. The van der Waals surface area contributed by atoms with Crippen molar-refractivity contribution in [1.82, 2.24) is 9.55 Å². The fraction of sp³-hybridized carbons (Fsp3) is 0.105. The number of aromatic nitrogens is 2. The molecule has 122 valence electrons. The molecule has 0 spiro atoms. The van der Waals surface area contributed by atoms with Gasteiger partial charge in [-0.3, -0.25) is 0 Å². The van der Waals surface area contributed by atoms with Crippen LogP contribution in [0.15, 0.2) is 53.1 Å². The lowest BCUT2D eigenvalue weighted by molar-refractivity contribution is 0.585. The van der Waals surface area contributed by atoms with Crippen molar-refractivity contribution >= 4 is 28.1 Å². The standard InChI is InChI=1S/C19H15BrF2N2/c1-2-24-12-18(16-9-8-15(21)11-17(16)22)23-19(24)10-5-13-3-6-14(20)7-4-13/h3-12H,2H2,1H3/b10-5+. The van der Waals surface area contributed by atoms with Crippen LogP contribution in [0.4, 0.5) is 8.78 Å². The zero-order valence-electron chi connectivity index (χ0n) is 13.0. The van der Waals surface area contributed by atoms with E-state index in [4.69, 9.17) is 0 Å². The first-order valence-electron chi connectivity index (χ1n) is 7.53. The Bertz CT molecular complexity index is 883. The number of benzene rings is 2. The van der Waals surface area contributed by atoms with E-state index in [0.29, 0.717) is 17.8 Å². The molecule has 0 amide bonds. The predicted octanol–water partition coefficient (Wildman–Crippen LogP) is 5.78. The van der Waals surface area contributed by atoms with Crippen LogP contribution in [0.2, 0.25) is 0 Å². The van der Waals surface area contributed by atoms with E-state index in [1.807, 2.05) is 47.9 Å². The van der Waals surface area contributed by atoms with Crippen molar-refractivity contribution in [3.8, 4) is 11.3 Å². The predicted molar refractivity (Wildman–Crippen MR) is 96.3 cm³/mol. The fourth-order valence-electron chi connectivity index (χ4n) is 2.39. The van der Waals surface area contributed by atoms with E-state index < -0.39 is 11.6 Å². The molecular weight excluding hydrogens is 374 g/mol. The molecule has 0 unspecified atom stereocenters. The second-order valence-electron chi connectivity index (χ2n) is 5.28. The van der Waals surface area contributed by atoms with Gasteiger partial charge in [0, 0.05) is 28.8 Å². The Morgan fingerprint density at radius 3 is 2.50 bits per heavy atom. The highest BCUT2D eigenvalue weighted by atomic mass is 79.9. The van der Waals surface area contributed by atoms with Gasteiger partial charge in [0.15, 0.2) is 0 Å². The third-order valence-electron chi connectivity index (χ3n) is 3.65. The number of aryl methyl sites for hydroxylation is 1. The van der Waals surface area contributed by atoms with Gasteiger partial charge in [-0.15, -0.1) is 0 Å². The van der Waals surface area contributed by atoms with E-state index in [0.717, 1.165) is 21.9 Å². The normalized spacial score (nSPS) is 11.3. The minimum Gasteiger partial charge on any atom is -0.331 e. The lowest BCUT2D eigenvalue weighted by Gasteiger charge is -1.99. The quantitative estimate of drug-likeness (QED) is 0.553. The summed E-state index contributed by atoms with van der Waals surface area (Å²) in [5, 5.41) is 0. The van der Waals surface area contributed by atoms with E-state index in [2.05, 4.69) is 20.9 Å². The van der Waals surface area contributed by atoms with Gasteiger partial charge in [-0.25, -0.2) is 13.8 Å². The van der Waals surface area contributed by atoms with Crippen LogP contribution in [0.5, 0.6) is 0 Å². The number of halogens is 3. The fourth-order valence-corrected chi connectivity index (χ4v) is 2.65. The van der Waals surface area contributed by atoms with Gasteiger partial charge in [0.25, 0.3) is 0 Å². The second kappa shape index (κ2) is 7.09. The van der Waals surface area contributed by atoms with Crippen LogP contribution in [-0.2, 0) is 6.54 Å². The van der Waals surface area contributed by atoms with Gasteiger partial charge in [0.1, 0.15) is 17.5 Å².